The van der Waals surface area contributed by atoms with Gasteiger partial charge in [-0.3, -0.25) is 14.5 Å². The summed E-state index contributed by atoms with van der Waals surface area (Å²) in [6.07, 6.45) is 10.3. The predicted octanol–water partition coefficient (Wildman–Crippen LogP) is 5.50. The maximum atomic E-state index is 14.7. The zero-order chi connectivity index (χ0) is 21.7. The molecule has 1 aliphatic rings. The lowest BCUT2D eigenvalue weighted by Gasteiger charge is -2.14. The van der Waals surface area contributed by atoms with Gasteiger partial charge in [-0.05, 0) is 29.8 Å². The van der Waals surface area contributed by atoms with Crippen LogP contribution in [-0.2, 0) is 6.42 Å². The number of pyridine rings is 2. The fourth-order valence-electron chi connectivity index (χ4n) is 3.89. The van der Waals surface area contributed by atoms with Crippen LogP contribution >= 0.6 is 11.6 Å². The molecule has 32 heavy (non-hydrogen) atoms. The van der Waals surface area contributed by atoms with Crippen molar-refractivity contribution in [2.75, 3.05) is 0 Å². The number of imidazole rings is 1. The van der Waals surface area contributed by atoms with Crippen LogP contribution in [0.2, 0.25) is 5.02 Å². The van der Waals surface area contributed by atoms with E-state index in [4.69, 9.17) is 16.6 Å². The lowest BCUT2D eigenvalue weighted by molar-refractivity contribution is 0.648. The van der Waals surface area contributed by atoms with Crippen molar-refractivity contribution in [2.45, 2.75) is 6.42 Å². The number of aromatic nitrogens is 6. The second-order valence-electron chi connectivity index (χ2n) is 7.45. The summed E-state index contributed by atoms with van der Waals surface area (Å²) in [5, 5.41) is 1.54. The van der Waals surface area contributed by atoms with E-state index in [0.29, 0.717) is 39.7 Å². The van der Waals surface area contributed by atoms with E-state index in [0.717, 1.165) is 22.0 Å². The Balaban J connectivity index is 1.46. The standard InChI is InChI=1S/C24H14ClFN6/c25-16-3-4-17-18(5-7-28-21(17)9-16)22-11-29-23-24(31-22)32(13-30-23)12-15-8-14-2-1-6-27-20(14)10-19(15)26/h1-7,9-13H,8H2. The molecule has 0 spiro atoms. The molecule has 0 atom stereocenters. The smallest absolute Gasteiger partial charge is 0.197 e. The Morgan fingerprint density at radius 1 is 1.03 bits per heavy atom. The van der Waals surface area contributed by atoms with Crippen LogP contribution in [0, 0.1) is 0 Å². The Morgan fingerprint density at radius 2 is 1.97 bits per heavy atom. The first-order valence-corrected chi connectivity index (χ1v) is 10.3. The summed E-state index contributed by atoms with van der Waals surface area (Å²) in [6, 6.07) is 11.2. The SMILES string of the molecule is FC1=Cc2ncccc2CC1=Cn1cnc2ncc(-c3ccnc4cc(Cl)ccc34)nc21. The van der Waals surface area contributed by atoms with Gasteiger partial charge in [0.15, 0.2) is 11.3 Å². The molecule has 0 unspecified atom stereocenters. The third-order valence-electron chi connectivity index (χ3n) is 5.44. The van der Waals surface area contributed by atoms with E-state index >= 15 is 0 Å². The molecular formula is C24H14ClFN6. The van der Waals surface area contributed by atoms with Crippen LogP contribution in [0.4, 0.5) is 4.39 Å². The Bertz CT molecular complexity index is 1590. The third-order valence-corrected chi connectivity index (χ3v) is 5.67. The van der Waals surface area contributed by atoms with Crippen molar-refractivity contribution in [1.82, 2.24) is 29.5 Å². The van der Waals surface area contributed by atoms with Crippen LogP contribution in [0.3, 0.4) is 0 Å². The highest BCUT2D eigenvalue weighted by molar-refractivity contribution is 6.31. The van der Waals surface area contributed by atoms with Crippen LogP contribution in [0.25, 0.3) is 45.7 Å². The van der Waals surface area contributed by atoms with E-state index in [-0.39, 0.29) is 5.83 Å². The lowest BCUT2D eigenvalue weighted by atomic mass is 9.97. The predicted molar refractivity (Wildman–Crippen MR) is 122 cm³/mol. The summed E-state index contributed by atoms with van der Waals surface area (Å²) in [4.78, 5) is 22.2. The molecule has 0 aliphatic heterocycles. The van der Waals surface area contributed by atoms with E-state index in [1.54, 1.807) is 35.7 Å². The van der Waals surface area contributed by atoms with E-state index in [1.165, 1.54) is 6.08 Å². The molecule has 0 saturated heterocycles. The molecule has 5 aromatic rings. The Kier molecular flexibility index (Phi) is 4.29. The zero-order valence-corrected chi connectivity index (χ0v) is 17.3. The molecule has 0 bridgehead atoms. The molecule has 1 aliphatic carbocycles. The second-order valence-corrected chi connectivity index (χ2v) is 7.88. The Hall–Kier alpha value is -3.97. The number of fused-ring (bicyclic) bond motifs is 3. The van der Waals surface area contributed by atoms with Gasteiger partial charge in [0, 0.05) is 52.6 Å². The monoisotopic (exact) mass is 440 g/mol. The maximum absolute atomic E-state index is 14.7. The average Bonchev–Trinajstić information content (AvgIpc) is 3.21. The van der Waals surface area contributed by atoms with E-state index in [9.17, 15) is 4.39 Å². The highest BCUT2D eigenvalue weighted by Gasteiger charge is 2.17. The first kappa shape index (κ1) is 18.8. The van der Waals surface area contributed by atoms with Crippen LogP contribution < -0.4 is 0 Å². The van der Waals surface area contributed by atoms with Crippen LogP contribution in [0.5, 0.6) is 0 Å². The van der Waals surface area contributed by atoms with Gasteiger partial charge in [0.2, 0.25) is 0 Å². The lowest BCUT2D eigenvalue weighted by Crippen LogP contribution is -2.04. The van der Waals surface area contributed by atoms with Gasteiger partial charge in [-0.2, -0.15) is 0 Å². The molecule has 1 aromatic carbocycles. The van der Waals surface area contributed by atoms with Gasteiger partial charge in [0.05, 0.1) is 23.1 Å². The first-order valence-electron chi connectivity index (χ1n) is 9.92. The van der Waals surface area contributed by atoms with Crippen molar-refractivity contribution in [2.24, 2.45) is 0 Å². The molecule has 0 N–H and O–H groups in total. The molecule has 8 heteroatoms. The zero-order valence-electron chi connectivity index (χ0n) is 16.6. The number of halogens is 2. The van der Waals surface area contributed by atoms with Crippen molar-refractivity contribution in [3.05, 3.63) is 89.0 Å². The number of hydrogen-bond donors (Lipinski definition) is 0. The average molecular weight is 441 g/mol. The molecule has 0 radical (unpaired) electrons. The van der Waals surface area contributed by atoms with Gasteiger partial charge < -0.3 is 0 Å². The number of hydrogen-bond acceptors (Lipinski definition) is 5. The summed E-state index contributed by atoms with van der Waals surface area (Å²) < 4.78 is 16.4. The Morgan fingerprint density at radius 3 is 2.91 bits per heavy atom. The number of rotatable bonds is 2. The van der Waals surface area contributed by atoms with Crippen LogP contribution in [0.15, 0.2) is 72.7 Å². The van der Waals surface area contributed by atoms with E-state index in [2.05, 4.69) is 19.9 Å². The summed E-state index contributed by atoms with van der Waals surface area (Å²) in [5.41, 5.74) is 5.50. The fourth-order valence-corrected chi connectivity index (χ4v) is 4.05. The molecule has 0 fully saturated rings. The topological polar surface area (TPSA) is 69.4 Å². The van der Waals surface area contributed by atoms with Gasteiger partial charge in [0.1, 0.15) is 12.2 Å². The van der Waals surface area contributed by atoms with Crippen molar-refractivity contribution in [3.63, 3.8) is 0 Å². The molecular weight excluding hydrogens is 427 g/mol. The Labute approximate surface area is 186 Å². The second kappa shape index (κ2) is 7.32. The largest absolute Gasteiger partial charge is 0.288 e. The van der Waals surface area contributed by atoms with Gasteiger partial charge in [-0.15, -0.1) is 0 Å². The summed E-state index contributed by atoms with van der Waals surface area (Å²) in [5.74, 6) is -0.320. The van der Waals surface area contributed by atoms with Gasteiger partial charge in [-0.1, -0.05) is 23.7 Å². The van der Waals surface area contributed by atoms with E-state index in [1.807, 2.05) is 36.4 Å². The van der Waals surface area contributed by atoms with Crippen molar-refractivity contribution < 1.29 is 4.39 Å². The number of nitrogens with zero attached hydrogens (tertiary/aromatic N) is 6. The fraction of sp³-hybridized carbons (Fsp3) is 0.0417. The van der Waals surface area contributed by atoms with E-state index < -0.39 is 0 Å². The highest BCUT2D eigenvalue weighted by Crippen LogP contribution is 2.30. The molecule has 0 saturated carbocycles. The van der Waals surface area contributed by atoms with Crippen LogP contribution in [-0.4, -0.2) is 29.5 Å². The number of benzene rings is 1. The molecule has 154 valence electrons. The van der Waals surface area contributed by atoms with Gasteiger partial charge in [0.25, 0.3) is 0 Å². The van der Waals surface area contributed by atoms with Gasteiger partial charge in [-0.25, -0.2) is 19.3 Å². The van der Waals surface area contributed by atoms with Crippen molar-refractivity contribution >= 4 is 46.1 Å². The maximum Gasteiger partial charge on any atom is 0.197 e. The van der Waals surface area contributed by atoms with Crippen LogP contribution in [0.1, 0.15) is 11.3 Å². The molecule has 4 heterocycles. The van der Waals surface area contributed by atoms with Gasteiger partial charge >= 0.3 is 0 Å². The normalized spacial score (nSPS) is 14.7. The van der Waals surface area contributed by atoms with Crippen molar-refractivity contribution in [3.8, 4) is 11.3 Å². The first-order chi connectivity index (χ1) is 15.7. The number of allylic oxidation sites excluding steroid dienone is 2. The molecule has 6 rings (SSSR count). The summed E-state index contributed by atoms with van der Waals surface area (Å²) in [7, 11) is 0. The van der Waals surface area contributed by atoms with Crippen molar-refractivity contribution in [1.29, 1.82) is 0 Å². The molecule has 0 amide bonds. The molecule has 4 aromatic heterocycles. The minimum absolute atomic E-state index is 0.320. The minimum atomic E-state index is -0.320. The quantitative estimate of drug-likeness (QED) is 0.362. The summed E-state index contributed by atoms with van der Waals surface area (Å²) in [6.45, 7) is 0. The third kappa shape index (κ3) is 3.14. The summed E-state index contributed by atoms with van der Waals surface area (Å²) >= 11 is 6.11. The minimum Gasteiger partial charge on any atom is -0.288 e. The molecule has 6 nitrogen and oxygen atoms in total. The highest BCUT2D eigenvalue weighted by atomic mass is 35.5.